The summed E-state index contributed by atoms with van der Waals surface area (Å²) in [5, 5.41) is 2.56. The zero-order valence-electron chi connectivity index (χ0n) is 12.9. The van der Waals surface area contributed by atoms with Crippen LogP contribution in [-0.2, 0) is 4.79 Å². The number of amides is 1. The predicted molar refractivity (Wildman–Crippen MR) is 89.2 cm³/mol. The van der Waals surface area contributed by atoms with Crippen molar-refractivity contribution in [2.75, 3.05) is 36.7 Å². The molecule has 118 valence electrons. The van der Waals surface area contributed by atoms with E-state index in [1.807, 2.05) is 11.8 Å². The molecular formula is C15H24FN3OS. The second-order valence-electron chi connectivity index (χ2n) is 5.18. The number of hydrogen-bond donors (Lipinski definition) is 2. The maximum absolute atomic E-state index is 13.5. The number of nitrogen functional groups attached to an aromatic ring is 1. The molecule has 0 radical (unpaired) electrons. The minimum Gasteiger partial charge on any atom is -0.399 e. The van der Waals surface area contributed by atoms with Crippen molar-refractivity contribution in [1.82, 2.24) is 4.90 Å². The molecule has 0 aromatic heterocycles. The van der Waals surface area contributed by atoms with Gasteiger partial charge in [-0.1, -0.05) is 0 Å². The molecule has 0 fully saturated rings. The zero-order valence-corrected chi connectivity index (χ0v) is 13.7. The summed E-state index contributed by atoms with van der Waals surface area (Å²) >= 11 is 1.81. The van der Waals surface area contributed by atoms with Crippen molar-refractivity contribution in [1.29, 1.82) is 0 Å². The lowest BCUT2D eigenvalue weighted by Gasteiger charge is -2.23. The first-order chi connectivity index (χ1) is 9.93. The van der Waals surface area contributed by atoms with E-state index in [1.165, 1.54) is 18.2 Å². The first kappa shape index (κ1) is 17.8. The smallest absolute Gasteiger partial charge is 0.224 e. The highest BCUT2D eigenvalue weighted by Crippen LogP contribution is 2.17. The Morgan fingerprint density at radius 1 is 1.52 bits per heavy atom. The summed E-state index contributed by atoms with van der Waals surface area (Å²) in [5.41, 5.74) is 6.15. The first-order valence-electron chi connectivity index (χ1n) is 6.98. The maximum atomic E-state index is 13.5. The van der Waals surface area contributed by atoms with Gasteiger partial charge in [-0.3, -0.25) is 4.79 Å². The summed E-state index contributed by atoms with van der Waals surface area (Å²) in [6.45, 7) is 3.01. The van der Waals surface area contributed by atoms with E-state index in [1.54, 1.807) is 0 Å². The number of anilines is 2. The fraction of sp³-hybridized carbons (Fsp3) is 0.533. The lowest BCUT2D eigenvalue weighted by Crippen LogP contribution is -2.32. The number of nitrogens with zero attached hydrogens (tertiary/aromatic N) is 1. The lowest BCUT2D eigenvalue weighted by molar-refractivity contribution is -0.116. The molecule has 4 nitrogen and oxygen atoms in total. The molecule has 0 saturated heterocycles. The molecule has 21 heavy (non-hydrogen) atoms. The topological polar surface area (TPSA) is 58.4 Å². The minimum atomic E-state index is -0.469. The highest BCUT2D eigenvalue weighted by atomic mass is 32.2. The van der Waals surface area contributed by atoms with E-state index in [9.17, 15) is 9.18 Å². The molecule has 0 spiro atoms. The van der Waals surface area contributed by atoms with Crippen LogP contribution in [0.4, 0.5) is 15.8 Å². The van der Waals surface area contributed by atoms with Crippen LogP contribution in [-0.4, -0.2) is 42.4 Å². The molecular weight excluding hydrogens is 289 g/mol. The van der Waals surface area contributed by atoms with Crippen molar-refractivity contribution in [3.8, 4) is 0 Å². The van der Waals surface area contributed by atoms with E-state index in [-0.39, 0.29) is 11.6 Å². The Morgan fingerprint density at radius 2 is 2.24 bits per heavy atom. The van der Waals surface area contributed by atoms with Crippen LogP contribution in [0, 0.1) is 5.82 Å². The van der Waals surface area contributed by atoms with E-state index in [2.05, 4.69) is 30.4 Å². The number of halogens is 1. The number of carbonyl (C=O) groups is 1. The fourth-order valence-electron chi connectivity index (χ4n) is 1.93. The van der Waals surface area contributed by atoms with Gasteiger partial charge in [-0.05, 0) is 51.4 Å². The van der Waals surface area contributed by atoms with E-state index in [0.717, 1.165) is 18.7 Å². The number of nitrogens with one attached hydrogen (secondary N) is 1. The number of hydrogen-bond acceptors (Lipinski definition) is 4. The summed E-state index contributed by atoms with van der Waals surface area (Å²) in [6, 6.07) is 4.63. The molecule has 6 heteroatoms. The average Bonchev–Trinajstić information content (AvgIpc) is 2.43. The monoisotopic (exact) mass is 313 g/mol. The van der Waals surface area contributed by atoms with Gasteiger partial charge in [0.25, 0.3) is 0 Å². The highest BCUT2D eigenvalue weighted by molar-refractivity contribution is 7.98. The molecule has 0 bridgehead atoms. The highest BCUT2D eigenvalue weighted by Gasteiger charge is 2.10. The summed E-state index contributed by atoms with van der Waals surface area (Å²) < 4.78 is 13.5. The standard InChI is InChI=1S/C15H24FN3OS/c1-11(10-21-3)19(2)8-4-5-15(20)18-14-9-12(17)6-7-13(14)16/h6-7,9,11H,4-5,8,10,17H2,1-3H3,(H,18,20). The van der Waals surface area contributed by atoms with Gasteiger partial charge in [-0.2, -0.15) is 11.8 Å². The Morgan fingerprint density at radius 3 is 2.90 bits per heavy atom. The Hall–Kier alpha value is -1.27. The molecule has 0 heterocycles. The predicted octanol–water partition coefficient (Wildman–Crippen LogP) is 2.81. The minimum absolute atomic E-state index is 0.143. The van der Waals surface area contributed by atoms with E-state index in [0.29, 0.717) is 18.2 Å². The second kappa shape index (κ2) is 8.89. The summed E-state index contributed by atoms with van der Waals surface area (Å²) in [6.07, 6.45) is 3.19. The normalized spacial score (nSPS) is 12.4. The molecule has 0 aliphatic heterocycles. The number of thioether (sulfide) groups is 1. The molecule has 1 rings (SSSR count). The largest absolute Gasteiger partial charge is 0.399 e. The Kier molecular flexibility index (Phi) is 7.53. The number of nitrogens with two attached hydrogens (primary N) is 1. The molecule has 1 unspecified atom stereocenters. The number of carbonyl (C=O) groups excluding carboxylic acids is 1. The third-order valence-corrected chi connectivity index (χ3v) is 4.16. The Balaban J connectivity index is 2.36. The van der Waals surface area contributed by atoms with Crippen LogP contribution in [0.25, 0.3) is 0 Å². The van der Waals surface area contributed by atoms with Crippen LogP contribution in [0.5, 0.6) is 0 Å². The van der Waals surface area contributed by atoms with Crippen LogP contribution >= 0.6 is 11.8 Å². The molecule has 1 aromatic carbocycles. The van der Waals surface area contributed by atoms with E-state index in [4.69, 9.17) is 5.73 Å². The van der Waals surface area contributed by atoms with Gasteiger partial charge in [-0.15, -0.1) is 0 Å². The van der Waals surface area contributed by atoms with E-state index < -0.39 is 5.82 Å². The molecule has 3 N–H and O–H groups in total. The molecule has 1 amide bonds. The third kappa shape index (κ3) is 6.35. The molecule has 0 aliphatic carbocycles. The lowest BCUT2D eigenvalue weighted by atomic mass is 10.2. The van der Waals surface area contributed by atoms with Gasteiger partial charge < -0.3 is 16.0 Å². The summed E-state index contributed by atoms with van der Waals surface area (Å²) in [7, 11) is 2.05. The Bertz CT molecular complexity index is 470. The van der Waals surface area contributed by atoms with Crippen LogP contribution < -0.4 is 11.1 Å². The van der Waals surface area contributed by atoms with Gasteiger partial charge in [0.15, 0.2) is 0 Å². The first-order valence-corrected chi connectivity index (χ1v) is 8.37. The van der Waals surface area contributed by atoms with Crippen LogP contribution in [0.2, 0.25) is 0 Å². The van der Waals surface area contributed by atoms with E-state index >= 15 is 0 Å². The fourth-order valence-corrected chi connectivity index (χ4v) is 2.67. The van der Waals surface area contributed by atoms with Gasteiger partial charge in [0, 0.05) is 23.9 Å². The maximum Gasteiger partial charge on any atom is 0.224 e. The van der Waals surface area contributed by atoms with Gasteiger partial charge in [0.2, 0.25) is 5.91 Å². The van der Waals surface area contributed by atoms with Crippen molar-refractivity contribution < 1.29 is 9.18 Å². The van der Waals surface area contributed by atoms with Gasteiger partial charge >= 0.3 is 0 Å². The number of rotatable bonds is 8. The van der Waals surface area contributed by atoms with Crippen molar-refractivity contribution >= 4 is 29.0 Å². The SMILES string of the molecule is CSCC(C)N(C)CCCC(=O)Nc1cc(N)ccc1F. The average molecular weight is 313 g/mol. The number of benzene rings is 1. The van der Waals surface area contributed by atoms with Gasteiger partial charge in [0.05, 0.1) is 5.69 Å². The van der Waals surface area contributed by atoms with Crippen LogP contribution in [0.1, 0.15) is 19.8 Å². The van der Waals surface area contributed by atoms with Crippen molar-refractivity contribution in [3.63, 3.8) is 0 Å². The second-order valence-corrected chi connectivity index (χ2v) is 6.09. The molecule has 1 aromatic rings. The third-order valence-electron chi connectivity index (χ3n) is 3.34. The van der Waals surface area contributed by atoms with Crippen molar-refractivity contribution in [2.24, 2.45) is 0 Å². The van der Waals surface area contributed by atoms with Crippen LogP contribution in [0.15, 0.2) is 18.2 Å². The zero-order chi connectivity index (χ0) is 15.8. The summed E-state index contributed by atoms with van der Waals surface area (Å²) in [5.74, 6) is 0.408. The van der Waals surface area contributed by atoms with Crippen LogP contribution in [0.3, 0.4) is 0 Å². The molecule has 0 aliphatic rings. The quantitative estimate of drug-likeness (QED) is 0.725. The van der Waals surface area contributed by atoms with Gasteiger partial charge in [0.1, 0.15) is 5.82 Å². The van der Waals surface area contributed by atoms with Crippen molar-refractivity contribution in [3.05, 3.63) is 24.0 Å². The molecule has 0 saturated carbocycles. The summed E-state index contributed by atoms with van der Waals surface area (Å²) in [4.78, 5) is 14.0. The van der Waals surface area contributed by atoms with Crippen molar-refractivity contribution in [2.45, 2.75) is 25.8 Å². The Labute approximate surface area is 130 Å². The van der Waals surface area contributed by atoms with Gasteiger partial charge in [-0.25, -0.2) is 4.39 Å². The molecule has 1 atom stereocenters.